The maximum absolute atomic E-state index is 12.8. The second-order valence-corrected chi connectivity index (χ2v) is 6.93. The molecule has 0 spiro atoms. The number of benzene rings is 2. The number of pyridine rings is 1. The first-order valence-electron chi connectivity index (χ1n) is 8.63. The number of rotatable bonds is 6. The topological polar surface area (TPSA) is 45.2 Å². The van der Waals surface area contributed by atoms with Crippen molar-refractivity contribution >= 4 is 28.4 Å². The van der Waals surface area contributed by atoms with Gasteiger partial charge in [0.05, 0.1) is 16.8 Å². The summed E-state index contributed by atoms with van der Waals surface area (Å²) in [5.41, 5.74) is 3.07. The number of nitrogens with one attached hydrogen (secondary N) is 1. The number of halogens is 1. The van der Waals surface area contributed by atoms with E-state index < -0.39 is 0 Å². The van der Waals surface area contributed by atoms with E-state index in [0.717, 1.165) is 35.1 Å². The van der Waals surface area contributed by atoms with Gasteiger partial charge < -0.3 is 10.2 Å². The second-order valence-electron chi connectivity index (χ2n) is 6.50. The summed E-state index contributed by atoms with van der Waals surface area (Å²) in [6, 6.07) is 17.1. The van der Waals surface area contributed by atoms with Gasteiger partial charge in [-0.25, -0.2) is 4.98 Å². The Bertz CT molecular complexity index is 910. The number of carbonyl (C=O) groups is 1. The standard InChI is InChI=1S/C21H22ClN3O/c1-25(2)12-6-11-23-21(26)18-14-19(15-7-4-3-5-8-15)24-20-13-16(22)9-10-17(18)20/h3-5,7-10,13-14H,6,11-12H2,1-2H3,(H,23,26). The van der Waals surface area contributed by atoms with E-state index in [2.05, 4.69) is 10.2 Å². The Morgan fingerprint density at radius 3 is 2.62 bits per heavy atom. The van der Waals surface area contributed by atoms with Gasteiger partial charge in [0, 0.05) is 22.5 Å². The molecule has 0 atom stereocenters. The second kappa shape index (κ2) is 8.30. The molecule has 1 N–H and O–H groups in total. The van der Waals surface area contributed by atoms with Crippen molar-refractivity contribution in [3.05, 3.63) is 65.2 Å². The molecule has 1 heterocycles. The summed E-state index contributed by atoms with van der Waals surface area (Å²) in [7, 11) is 4.04. The van der Waals surface area contributed by atoms with Crippen LogP contribution in [-0.2, 0) is 0 Å². The quantitative estimate of drug-likeness (QED) is 0.663. The maximum Gasteiger partial charge on any atom is 0.252 e. The fourth-order valence-corrected chi connectivity index (χ4v) is 3.00. The third-order valence-corrected chi connectivity index (χ3v) is 4.39. The Morgan fingerprint density at radius 2 is 1.88 bits per heavy atom. The average Bonchev–Trinajstić information content (AvgIpc) is 2.64. The zero-order valence-electron chi connectivity index (χ0n) is 15.0. The van der Waals surface area contributed by atoms with E-state index >= 15 is 0 Å². The van der Waals surface area contributed by atoms with Gasteiger partial charge in [0.25, 0.3) is 5.91 Å². The number of aromatic nitrogens is 1. The lowest BCUT2D eigenvalue weighted by molar-refractivity contribution is 0.0954. The van der Waals surface area contributed by atoms with Gasteiger partial charge in [-0.2, -0.15) is 0 Å². The van der Waals surface area contributed by atoms with Gasteiger partial charge in [0.2, 0.25) is 0 Å². The fourth-order valence-electron chi connectivity index (χ4n) is 2.84. The molecule has 0 saturated heterocycles. The van der Waals surface area contributed by atoms with Gasteiger partial charge in [-0.15, -0.1) is 0 Å². The molecular weight excluding hydrogens is 346 g/mol. The van der Waals surface area contributed by atoms with Crippen molar-refractivity contribution in [2.24, 2.45) is 0 Å². The van der Waals surface area contributed by atoms with Gasteiger partial charge in [-0.05, 0) is 45.3 Å². The molecule has 0 radical (unpaired) electrons. The van der Waals surface area contributed by atoms with Crippen molar-refractivity contribution < 1.29 is 4.79 Å². The minimum Gasteiger partial charge on any atom is -0.352 e. The smallest absolute Gasteiger partial charge is 0.252 e. The lowest BCUT2D eigenvalue weighted by Gasteiger charge is -2.12. The molecule has 3 aromatic rings. The average molecular weight is 368 g/mol. The van der Waals surface area contributed by atoms with E-state index in [-0.39, 0.29) is 5.91 Å². The van der Waals surface area contributed by atoms with Crippen LogP contribution in [0.2, 0.25) is 5.02 Å². The summed E-state index contributed by atoms with van der Waals surface area (Å²) in [5.74, 6) is -0.0874. The van der Waals surface area contributed by atoms with Gasteiger partial charge in [0.1, 0.15) is 0 Å². The molecule has 26 heavy (non-hydrogen) atoms. The van der Waals surface area contributed by atoms with Gasteiger partial charge in [-0.3, -0.25) is 4.79 Å². The third kappa shape index (κ3) is 4.40. The molecule has 0 fully saturated rings. The van der Waals surface area contributed by atoms with E-state index in [1.54, 1.807) is 12.1 Å². The van der Waals surface area contributed by atoms with Crippen molar-refractivity contribution in [3.63, 3.8) is 0 Å². The Morgan fingerprint density at radius 1 is 1.12 bits per heavy atom. The summed E-state index contributed by atoms with van der Waals surface area (Å²) in [5, 5.41) is 4.42. The number of fused-ring (bicyclic) bond motifs is 1. The summed E-state index contributed by atoms with van der Waals surface area (Å²) in [6.07, 6.45) is 0.902. The summed E-state index contributed by atoms with van der Waals surface area (Å²) >= 11 is 6.14. The minimum atomic E-state index is -0.0874. The first-order chi connectivity index (χ1) is 12.5. The molecule has 0 bridgehead atoms. The number of hydrogen-bond donors (Lipinski definition) is 1. The van der Waals surface area contributed by atoms with Crippen LogP contribution in [-0.4, -0.2) is 43.0 Å². The van der Waals surface area contributed by atoms with Gasteiger partial charge >= 0.3 is 0 Å². The van der Waals surface area contributed by atoms with E-state index in [4.69, 9.17) is 16.6 Å². The largest absolute Gasteiger partial charge is 0.352 e. The minimum absolute atomic E-state index is 0.0874. The van der Waals surface area contributed by atoms with Crippen LogP contribution in [0.5, 0.6) is 0 Å². The van der Waals surface area contributed by atoms with Crippen LogP contribution in [0.3, 0.4) is 0 Å². The van der Waals surface area contributed by atoms with Gasteiger partial charge in [-0.1, -0.05) is 48.0 Å². The SMILES string of the molecule is CN(C)CCCNC(=O)c1cc(-c2ccccc2)nc2cc(Cl)ccc12. The number of amides is 1. The normalized spacial score (nSPS) is 11.1. The van der Waals surface area contributed by atoms with Crippen LogP contribution in [0, 0.1) is 0 Å². The Hall–Kier alpha value is -2.43. The first kappa shape index (κ1) is 18.4. The molecule has 5 heteroatoms. The van der Waals surface area contributed by atoms with E-state index in [0.29, 0.717) is 17.1 Å². The fraction of sp³-hybridized carbons (Fsp3) is 0.238. The van der Waals surface area contributed by atoms with Crippen molar-refractivity contribution in [1.29, 1.82) is 0 Å². The molecule has 0 unspecified atom stereocenters. The van der Waals surface area contributed by atoms with Crippen LogP contribution < -0.4 is 5.32 Å². The zero-order valence-corrected chi connectivity index (χ0v) is 15.8. The number of nitrogens with zero attached hydrogens (tertiary/aromatic N) is 2. The summed E-state index contributed by atoms with van der Waals surface area (Å²) < 4.78 is 0. The van der Waals surface area contributed by atoms with E-state index in [1.807, 2.05) is 56.6 Å². The highest BCUT2D eigenvalue weighted by Gasteiger charge is 2.14. The highest BCUT2D eigenvalue weighted by Crippen LogP contribution is 2.26. The maximum atomic E-state index is 12.8. The Kier molecular flexibility index (Phi) is 5.86. The molecule has 0 saturated carbocycles. The molecule has 1 aromatic heterocycles. The molecule has 1 amide bonds. The zero-order chi connectivity index (χ0) is 18.5. The lowest BCUT2D eigenvalue weighted by Crippen LogP contribution is -2.27. The molecule has 0 aliphatic heterocycles. The monoisotopic (exact) mass is 367 g/mol. The first-order valence-corrected chi connectivity index (χ1v) is 9.01. The van der Waals surface area contributed by atoms with Crippen molar-refractivity contribution in [2.45, 2.75) is 6.42 Å². The molecule has 0 aliphatic rings. The molecular formula is C21H22ClN3O. The van der Waals surface area contributed by atoms with Crippen LogP contribution in [0.1, 0.15) is 16.8 Å². The van der Waals surface area contributed by atoms with Crippen molar-refractivity contribution in [3.8, 4) is 11.3 Å². The highest BCUT2D eigenvalue weighted by molar-refractivity contribution is 6.31. The van der Waals surface area contributed by atoms with Crippen LogP contribution >= 0.6 is 11.6 Å². The predicted molar refractivity (Wildman–Crippen MR) is 108 cm³/mol. The highest BCUT2D eigenvalue weighted by atomic mass is 35.5. The van der Waals surface area contributed by atoms with Crippen LogP contribution in [0.25, 0.3) is 22.2 Å². The Balaban J connectivity index is 1.96. The predicted octanol–water partition coefficient (Wildman–Crippen LogP) is 4.24. The Labute approximate surface area is 158 Å². The number of hydrogen-bond acceptors (Lipinski definition) is 3. The summed E-state index contributed by atoms with van der Waals surface area (Å²) in [4.78, 5) is 19.6. The van der Waals surface area contributed by atoms with Gasteiger partial charge in [0.15, 0.2) is 0 Å². The number of carbonyl (C=O) groups excluding carboxylic acids is 1. The van der Waals surface area contributed by atoms with E-state index in [9.17, 15) is 4.79 Å². The van der Waals surface area contributed by atoms with E-state index in [1.165, 1.54) is 0 Å². The third-order valence-electron chi connectivity index (χ3n) is 4.15. The molecule has 2 aromatic carbocycles. The van der Waals surface area contributed by atoms with Crippen LogP contribution in [0.4, 0.5) is 0 Å². The molecule has 134 valence electrons. The molecule has 0 aliphatic carbocycles. The van der Waals surface area contributed by atoms with Crippen molar-refractivity contribution in [2.75, 3.05) is 27.2 Å². The van der Waals surface area contributed by atoms with Crippen LogP contribution in [0.15, 0.2) is 54.6 Å². The molecule has 4 nitrogen and oxygen atoms in total. The molecule has 3 rings (SSSR count). The summed E-state index contributed by atoms with van der Waals surface area (Å²) in [6.45, 7) is 1.57. The lowest BCUT2D eigenvalue weighted by atomic mass is 10.0. The van der Waals surface area contributed by atoms with Crippen molar-refractivity contribution in [1.82, 2.24) is 15.2 Å².